The molecular weight excluding hydrogens is 312 g/mol. The van der Waals surface area contributed by atoms with Gasteiger partial charge in [0.05, 0.1) is 17.2 Å². The van der Waals surface area contributed by atoms with E-state index in [1.165, 1.54) is 19.3 Å². The van der Waals surface area contributed by atoms with Crippen molar-refractivity contribution < 1.29 is 4.79 Å². The zero-order chi connectivity index (χ0) is 17.6. The summed E-state index contributed by atoms with van der Waals surface area (Å²) in [6, 6.07) is 9.62. The van der Waals surface area contributed by atoms with Gasteiger partial charge < -0.3 is 10.6 Å². The van der Waals surface area contributed by atoms with Gasteiger partial charge in [0.15, 0.2) is 0 Å². The standard InChI is InChI=1S/C20H28N4O/c1-15(24-13-9-16(10-14-24)8-12-21-2)20(25)23-19-7-3-6-18-17(19)5-4-11-22-18/h3-7,11,15-16,21H,8-10,12-14H2,1-2H3,(H,23,25). The Morgan fingerprint density at radius 1 is 1.28 bits per heavy atom. The highest BCUT2D eigenvalue weighted by atomic mass is 16.2. The van der Waals surface area contributed by atoms with E-state index in [1.54, 1.807) is 6.20 Å². The second kappa shape index (κ2) is 8.41. The van der Waals surface area contributed by atoms with E-state index in [0.29, 0.717) is 0 Å². The molecule has 134 valence electrons. The van der Waals surface area contributed by atoms with Gasteiger partial charge in [-0.2, -0.15) is 0 Å². The molecule has 1 aliphatic heterocycles. The quantitative estimate of drug-likeness (QED) is 0.849. The van der Waals surface area contributed by atoms with Crippen LogP contribution in [0.25, 0.3) is 10.9 Å². The number of nitrogens with zero attached hydrogens (tertiary/aromatic N) is 2. The van der Waals surface area contributed by atoms with Crippen LogP contribution in [0.2, 0.25) is 0 Å². The van der Waals surface area contributed by atoms with E-state index in [2.05, 4.69) is 20.5 Å². The average Bonchev–Trinajstić information content (AvgIpc) is 2.66. The largest absolute Gasteiger partial charge is 0.324 e. The molecule has 2 aromatic rings. The van der Waals surface area contributed by atoms with Crippen molar-refractivity contribution in [2.45, 2.75) is 32.2 Å². The number of nitrogens with one attached hydrogen (secondary N) is 2. The molecule has 1 unspecified atom stereocenters. The summed E-state index contributed by atoms with van der Waals surface area (Å²) in [5.41, 5.74) is 1.74. The lowest BCUT2D eigenvalue weighted by atomic mass is 9.93. The van der Waals surface area contributed by atoms with Crippen molar-refractivity contribution in [2.24, 2.45) is 5.92 Å². The fraction of sp³-hybridized carbons (Fsp3) is 0.500. The molecule has 5 nitrogen and oxygen atoms in total. The highest BCUT2D eigenvalue weighted by Gasteiger charge is 2.26. The fourth-order valence-corrected chi connectivity index (χ4v) is 3.59. The fourth-order valence-electron chi connectivity index (χ4n) is 3.59. The highest BCUT2D eigenvalue weighted by Crippen LogP contribution is 2.24. The molecule has 1 aromatic heterocycles. The molecule has 0 saturated carbocycles. The number of carbonyl (C=O) groups is 1. The van der Waals surface area contributed by atoms with Gasteiger partial charge in [0.2, 0.25) is 5.91 Å². The van der Waals surface area contributed by atoms with Gasteiger partial charge >= 0.3 is 0 Å². The van der Waals surface area contributed by atoms with Gasteiger partial charge in [-0.15, -0.1) is 0 Å². The zero-order valence-corrected chi connectivity index (χ0v) is 15.2. The smallest absolute Gasteiger partial charge is 0.241 e. The SMILES string of the molecule is CNCCC1CCN(C(C)C(=O)Nc2cccc3ncccc23)CC1. The number of benzene rings is 1. The minimum Gasteiger partial charge on any atom is -0.324 e. The topological polar surface area (TPSA) is 57.3 Å². The van der Waals surface area contributed by atoms with E-state index in [4.69, 9.17) is 0 Å². The van der Waals surface area contributed by atoms with E-state index in [0.717, 1.165) is 42.1 Å². The first-order chi connectivity index (χ1) is 12.2. The van der Waals surface area contributed by atoms with Crippen molar-refractivity contribution in [3.05, 3.63) is 36.5 Å². The Hall–Kier alpha value is -1.98. The van der Waals surface area contributed by atoms with Gasteiger partial charge in [-0.1, -0.05) is 6.07 Å². The second-order valence-electron chi connectivity index (χ2n) is 6.91. The number of anilines is 1. The maximum Gasteiger partial charge on any atom is 0.241 e. The van der Waals surface area contributed by atoms with E-state index < -0.39 is 0 Å². The van der Waals surface area contributed by atoms with Gasteiger partial charge in [-0.3, -0.25) is 14.7 Å². The maximum absolute atomic E-state index is 12.7. The molecule has 2 N–H and O–H groups in total. The number of hydrogen-bond acceptors (Lipinski definition) is 4. The van der Waals surface area contributed by atoms with Crippen LogP contribution in [0.4, 0.5) is 5.69 Å². The molecule has 0 aliphatic carbocycles. The Balaban J connectivity index is 1.59. The van der Waals surface area contributed by atoms with E-state index in [9.17, 15) is 4.79 Å². The zero-order valence-electron chi connectivity index (χ0n) is 15.2. The van der Waals surface area contributed by atoms with Gasteiger partial charge in [-0.25, -0.2) is 0 Å². The molecule has 2 heterocycles. The molecular formula is C20H28N4O. The minimum atomic E-state index is -0.114. The summed E-state index contributed by atoms with van der Waals surface area (Å²) in [6.07, 6.45) is 5.36. The van der Waals surface area contributed by atoms with Crippen molar-refractivity contribution in [3.8, 4) is 0 Å². The molecule has 25 heavy (non-hydrogen) atoms. The molecule has 1 atom stereocenters. The molecule has 1 fully saturated rings. The first kappa shape index (κ1) is 17.8. The Morgan fingerprint density at radius 3 is 2.84 bits per heavy atom. The monoisotopic (exact) mass is 340 g/mol. The molecule has 5 heteroatoms. The summed E-state index contributed by atoms with van der Waals surface area (Å²) in [7, 11) is 2.00. The highest BCUT2D eigenvalue weighted by molar-refractivity contribution is 6.02. The van der Waals surface area contributed by atoms with Crippen LogP contribution < -0.4 is 10.6 Å². The van der Waals surface area contributed by atoms with Gasteiger partial charge in [0.25, 0.3) is 0 Å². The number of piperidine rings is 1. The summed E-state index contributed by atoms with van der Waals surface area (Å²) in [5.74, 6) is 0.841. The van der Waals surface area contributed by atoms with E-state index >= 15 is 0 Å². The number of likely N-dealkylation sites (tertiary alicyclic amines) is 1. The van der Waals surface area contributed by atoms with Crippen molar-refractivity contribution >= 4 is 22.5 Å². The van der Waals surface area contributed by atoms with Crippen LogP contribution in [0.15, 0.2) is 36.5 Å². The van der Waals surface area contributed by atoms with Crippen LogP contribution in [0, 0.1) is 5.92 Å². The molecule has 1 aliphatic rings. The maximum atomic E-state index is 12.7. The summed E-state index contributed by atoms with van der Waals surface area (Å²) >= 11 is 0. The lowest BCUT2D eigenvalue weighted by Crippen LogP contribution is -2.46. The van der Waals surface area contributed by atoms with Crippen LogP contribution >= 0.6 is 0 Å². The number of hydrogen-bond donors (Lipinski definition) is 2. The molecule has 1 saturated heterocycles. The number of rotatable bonds is 6. The van der Waals surface area contributed by atoms with Gasteiger partial charge in [0.1, 0.15) is 0 Å². The van der Waals surface area contributed by atoms with Gasteiger partial charge in [-0.05, 0) is 83.1 Å². The third-order valence-corrected chi connectivity index (χ3v) is 5.28. The number of amides is 1. The molecule has 1 amide bonds. The van der Waals surface area contributed by atoms with Crippen LogP contribution in [0.3, 0.4) is 0 Å². The van der Waals surface area contributed by atoms with Crippen LogP contribution in [0.1, 0.15) is 26.2 Å². The Labute approximate surface area is 149 Å². The van der Waals surface area contributed by atoms with E-state index in [1.807, 2.05) is 44.3 Å². The lowest BCUT2D eigenvalue weighted by Gasteiger charge is -2.35. The predicted octanol–water partition coefficient (Wildman–Crippen LogP) is 2.88. The van der Waals surface area contributed by atoms with Crippen LogP contribution in [-0.4, -0.2) is 48.5 Å². The van der Waals surface area contributed by atoms with Gasteiger partial charge in [0, 0.05) is 11.6 Å². The number of pyridine rings is 1. The van der Waals surface area contributed by atoms with Crippen LogP contribution in [0.5, 0.6) is 0 Å². The molecule has 0 bridgehead atoms. The predicted molar refractivity (Wildman–Crippen MR) is 103 cm³/mol. The van der Waals surface area contributed by atoms with Crippen molar-refractivity contribution in [1.29, 1.82) is 0 Å². The molecule has 0 spiro atoms. The van der Waals surface area contributed by atoms with Crippen molar-refractivity contribution in [1.82, 2.24) is 15.2 Å². The summed E-state index contributed by atoms with van der Waals surface area (Å²) in [4.78, 5) is 19.4. The molecule has 1 aromatic carbocycles. The third-order valence-electron chi connectivity index (χ3n) is 5.28. The summed E-state index contributed by atoms with van der Waals surface area (Å²) < 4.78 is 0. The van der Waals surface area contributed by atoms with Crippen molar-refractivity contribution in [2.75, 3.05) is 32.0 Å². The average molecular weight is 340 g/mol. The Morgan fingerprint density at radius 2 is 2.08 bits per heavy atom. The minimum absolute atomic E-state index is 0.0602. The summed E-state index contributed by atoms with van der Waals surface area (Å²) in [6.45, 7) is 5.09. The Kier molecular flexibility index (Phi) is 6.00. The van der Waals surface area contributed by atoms with Crippen LogP contribution in [-0.2, 0) is 4.79 Å². The molecule has 0 radical (unpaired) electrons. The first-order valence-electron chi connectivity index (χ1n) is 9.22. The third kappa shape index (κ3) is 4.35. The lowest BCUT2D eigenvalue weighted by molar-refractivity contribution is -0.121. The summed E-state index contributed by atoms with van der Waals surface area (Å²) in [5, 5.41) is 7.31. The Bertz CT molecular complexity index is 704. The second-order valence-corrected chi connectivity index (χ2v) is 6.91. The number of fused-ring (bicyclic) bond motifs is 1. The normalized spacial score (nSPS) is 17.5. The van der Waals surface area contributed by atoms with E-state index in [-0.39, 0.29) is 11.9 Å². The van der Waals surface area contributed by atoms with Crippen molar-refractivity contribution in [3.63, 3.8) is 0 Å². The number of aromatic nitrogens is 1. The first-order valence-corrected chi connectivity index (χ1v) is 9.22. The number of carbonyl (C=O) groups excluding carboxylic acids is 1. The molecule has 3 rings (SSSR count).